The van der Waals surface area contributed by atoms with Crippen molar-refractivity contribution in [1.29, 1.82) is 0 Å². The summed E-state index contributed by atoms with van der Waals surface area (Å²) in [7, 11) is 0. The van der Waals surface area contributed by atoms with E-state index in [1.165, 1.54) is 28.6 Å². The molecule has 25 heavy (non-hydrogen) atoms. The Kier molecular flexibility index (Phi) is 5.89. The van der Waals surface area contributed by atoms with E-state index in [0.717, 1.165) is 4.90 Å². The molecule has 1 aliphatic rings. The maximum absolute atomic E-state index is 12.6. The lowest BCUT2D eigenvalue weighted by molar-refractivity contribution is -0.154. The van der Waals surface area contributed by atoms with Crippen molar-refractivity contribution in [2.75, 3.05) is 6.54 Å². The summed E-state index contributed by atoms with van der Waals surface area (Å²) in [5.41, 5.74) is 0.201. The summed E-state index contributed by atoms with van der Waals surface area (Å²) >= 11 is 3.11. The number of imide groups is 1. The van der Waals surface area contributed by atoms with Gasteiger partial charge in [0.2, 0.25) is 0 Å². The van der Waals surface area contributed by atoms with Crippen LogP contribution < -0.4 is 0 Å². The van der Waals surface area contributed by atoms with Crippen LogP contribution in [0.4, 0.5) is 4.79 Å². The number of halogens is 1. The number of aromatic nitrogens is 2. The predicted octanol–water partition coefficient (Wildman–Crippen LogP) is 2.21. The zero-order valence-electron chi connectivity index (χ0n) is 14.2. The minimum absolute atomic E-state index is 0.0110. The van der Waals surface area contributed by atoms with Crippen LogP contribution in [0.1, 0.15) is 32.8 Å². The lowest BCUT2D eigenvalue weighted by Crippen LogP contribution is -2.34. The average Bonchev–Trinajstić information content (AvgIpc) is 2.76. The molecule has 2 heterocycles. The first-order chi connectivity index (χ1) is 11.7. The Morgan fingerprint density at radius 1 is 1.24 bits per heavy atom. The third-order valence-corrected chi connectivity index (χ3v) is 3.67. The molecule has 0 aromatic carbocycles. The molecule has 1 aromatic rings. The first kappa shape index (κ1) is 19.0. The highest BCUT2D eigenvalue weighted by Crippen LogP contribution is 2.24. The maximum atomic E-state index is 12.6. The molecule has 2 rings (SSSR count). The molecule has 0 saturated carbocycles. The van der Waals surface area contributed by atoms with Gasteiger partial charge in [0.1, 0.15) is 17.6 Å². The summed E-state index contributed by atoms with van der Waals surface area (Å²) in [4.78, 5) is 48.3. The second-order valence-corrected chi connectivity index (χ2v) is 6.86. The number of esters is 1. The number of carbonyl (C=O) groups excluding carboxylic acids is 3. The number of ether oxygens (including phenoxy) is 1. The fourth-order valence-corrected chi connectivity index (χ4v) is 2.68. The molecule has 134 valence electrons. The van der Waals surface area contributed by atoms with Gasteiger partial charge in [-0.05, 0) is 20.8 Å². The molecule has 0 aliphatic carbocycles. The number of amides is 3. The van der Waals surface area contributed by atoms with Crippen LogP contribution in [0.25, 0.3) is 0 Å². The molecule has 8 nitrogen and oxygen atoms in total. The Balaban J connectivity index is 2.07. The monoisotopic (exact) mass is 410 g/mol. The molecule has 0 radical (unpaired) electrons. The molecule has 0 atom stereocenters. The van der Waals surface area contributed by atoms with E-state index in [0.29, 0.717) is 5.56 Å². The van der Waals surface area contributed by atoms with Gasteiger partial charge >= 0.3 is 12.0 Å². The lowest BCUT2D eigenvalue weighted by Gasteiger charge is -2.21. The maximum Gasteiger partial charge on any atom is 0.332 e. The van der Waals surface area contributed by atoms with Gasteiger partial charge in [-0.3, -0.25) is 19.4 Å². The van der Waals surface area contributed by atoms with Crippen LogP contribution in [-0.2, 0) is 20.9 Å². The Bertz CT molecular complexity index is 700. The summed E-state index contributed by atoms with van der Waals surface area (Å²) < 4.78 is 5.23. The number of carbonyl (C=O) groups is 3. The minimum atomic E-state index is -0.602. The van der Waals surface area contributed by atoms with Gasteiger partial charge < -0.3 is 4.74 Å². The van der Waals surface area contributed by atoms with Crippen LogP contribution in [-0.4, -0.2) is 49.8 Å². The van der Waals surface area contributed by atoms with Crippen molar-refractivity contribution in [3.63, 3.8) is 0 Å². The van der Waals surface area contributed by atoms with Gasteiger partial charge in [0, 0.05) is 29.5 Å². The molecule has 9 heteroatoms. The largest absolute Gasteiger partial charge is 0.460 e. The van der Waals surface area contributed by atoms with Crippen molar-refractivity contribution in [2.45, 2.75) is 39.3 Å². The fraction of sp³-hybridized carbons (Fsp3) is 0.438. The summed E-state index contributed by atoms with van der Waals surface area (Å²) in [5.74, 6) is -0.883. The van der Waals surface area contributed by atoms with Crippen LogP contribution in [0.3, 0.4) is 0 Å². The predicted molar refractivity (Wildman–Crippen MR) is 92.2 cm³/mol. The second kappa shape index (κ2) is 7.73. The van der Waals surface area contributed by atoms with E-state index in [9.17, 15) is 14.4 Å². The van der Waals surface area contributed by atoms with Gasteiger partial charge in [-0.1, -0.05) is 15.9 Å². The van der Waals surface area contributed by atoms with Crippen molar-refractivity contribution < 1.29 is 19.1 Å². The molecule has 3 amide bonds. The first-order valence-corrected chi connectivity index (χ1v) is 8.54. The molecule has 1 saturated heterocycles. The molecule has 1 aliphatic heterocycles. The first-order valence-electron chi connectivity index (χ1n) is 7.62. The van der Waals surface area contributed by atoms with E-state index < -0.39 is 23.5 Å². The van der Waals surface area contributed by atoms with Gasteiger partial charge in [-0.15, -0.1) is 0 Å². The Morgan fingerprint density at radius 3 is 2.44 bits per heavy atom. The molecule has 0 bridgehead atoms. The fourth-order valence-electron chi connectivity index (χ4n) is 2.24. The van der Waals surface area contributed by atoms with Crippen molar-refractivity contribution in [3.8, 4) is 0 Å². The third kappa shape index (κ3) is 4.85. The molecular weight excluding hydrogens is 392 g/mol. The van der Waals surface area contributed by atoms with E-state index in [4.69, 9.17) is 4.74 Å². The third-order valence-electron chi connectivity index (χ3n) is 3.23. The minimum Gasteiger partial charge on any atom is -0.460 e. The van der Waals surface area contributed by atoms with E-state index in [2.05, 4.69) is 25.9 Å². The van der Waals surface area contributed by atoms with E-state index in [1.54, 1.807) is 20.8 Å². The molecule has 0 N–H and O–H groups in total. The van der Waals surface area contributed by atoms with Gasteiger partial charge in [-0.25, -0.2) is 14.8 Å². The van der Waals surface area contributed by atoms with Crippen LogP contribution in [0, 0.1) is 0 Å². The molecule has 0 unspecified atom stereocenters. The highest BCUT2D eigenvalue weighted by molar-refractivity contribution is 9.11. The summed E-state index contributed by atoms with van der Waals surface area (Å²) in [6.45, 7) is 5.42. The zero-order valence-corrected chi connectivity index (χ0v) is 15.8. The Morgan fingerprint density at radius 2 is 1.88 bits per heavy atom. The van der Waals surface area contributed by atoms with Crippen molar-refractivity contribution in [2.24, 2.45) is 0 Å². The molecule has 1 fully saturated rings. The number of hydrogen-bond acceptors (Lipinski definition) is 6. The topological polar surface area (TPSA) is 92.7 Å². The van der Waals surface area contributed by atoms with Crippen LogP contribution in [0.5, 0.6) is 0 Å². The van der Waals surface area contributed by atoms with Crippen molar-refractivity contribution in [3.05, 3.63) is 35.0 Å². The van der Waals surface area contributed by atoms with Crippen molar-refractivity contribution in [1.82, 2.24) is 19.8 Å². The molecule has 0 spiro atoms. The van der Waals surface area contributed by atoms with Crippen molar-refractivity contribution >= 4 is 33.8 Å². The molecule has 1 aromatic heterocycles. The standard InChI is InChI=1S/C16H19BrN4O4/c1-16(2,3)25-13(22)4-5-20-12(6-17)14(23)21(15(20)24)9-11-7-18-10-19-8-11/h6-8,10H,4-5,9H2,1-3H3. The van der Waals surface area contributed by atoms with Gasteiger partial charge in [-0.2, -0.15) is 0 Å². The number of rotatable bonds is 5. The summed E-state index contributed by atoms with van der Waals surface area (Å²) in [6, 6.07) is -0.497. The highest BCUT2D eigenvalue weighted by Gasteiger charge is 2.40. The van der Waals surface area contributed by atoms with Crippen LogP contribution in [0.15, 0.2) is 29.4 Å². The second-order valence-electron chi connectivity index (χ2n) is 6.40. The normalized spacial score (nSPS) is 16.7. The zero-order chi connectivity index (χ0) is 18.6. The number of hydrogen-bond donors (Lipinski definition) is 0. The average molecular weight is 411 g/mol. The quantitative estimate of drug-likeness (QED) is 0.419. The van der Waals surface area contributed by atoms with E-state index in [-0.39, 0.29) is 25.2 Å². The van der Waals surface area contributed by atoms with Gasteiger partial charge in [0.15, 0.2) is 0 Å². The highest BCUT2D eigenvalue weighted by atomic mass is 79.9. The van der Waals surface area contributed by atoms with Gasteiger partial charge in [0.05, 0.1) is 13.0 Å². The van der Waals surface area contributed by atoms with Crippen LogP contribution >= 0.6 is 15.9 Å². The lowest BCUT2D eigenvalue weighted by atomic mass is 10.2. The van der Waals surface area contributed by atoms with E-state index in [1.807, 2.05) is 0 Å². The molecular formula is C16H19BrN4O4. The number of urea groups is 1. The SMILES string of the molecule is CC(C)(C)OC(=O)CCN1C(=O)N(Cc2cncnc2)C(=O)C1=CBr. The van der Waals surface area contributed by atoms with Crippen LogP contribution in [0.2, 0.25) is 0 Å². The summed E-state index contributed by atoms with van der Waals surface area (Å²) in [5, 5.41) is 0. The Hall–Kier alpha value is -2.29. The van der Waals surface area contributed by atoms with Gasteiger partial charge in [0.25, 0.3) is 5.91 Å². The Labute approximate surface area is 154 Å². The number of nitrogens with zero attached hydrogens (tertiary/aromatic N) is 4. The summed E-state index contributed by atoms with van der Waals surface area (Å²) in [6.07, 6.45) is 4.43. The van der Waals surface area contributed by atoms with E-state index >= 15 is 0 Å². The smallest absolute Gasteiger partial charge is 0.332 e.